The Morgan fingerprint density at radius 2 is 1.66 bits per heavy atom. The Morgan fingerprint density at radius 1 is 1.00 bits per heavy atom. The molecule has 0 aliphatic heterocycles. The molecule has 0 aliphatic carbocycles. The number of anilines is 1. The van der Waals surface area contributed by atoms with Crippen molar-refractivity contribution in [2.45, 2.75) is 6.92 Å². The van der Waals surface area contributed by atoms with Gasteiger partial charge in [-0.25, -0.2) is 0 Å². The molecule has 0 spiro atoms. The summed E-state index contributed by atoms with van der Waals surface area (Å²) in [6.07, 6.45) is 1.55. The van der Waals surface area contributed by atoms with Crippen LogP contribution in [0.4, 0.5) is 5.69 Å². The zero-order valence-corrected chi connectivity index (χ0v) is 18.3. The topological polar surface area (TPSA) is 57.2 Å². The van der Waals surface area contributed by atoms with Crippen LogP contribution in [0.3, 0.4) is 0 Å². The van der Waals surface area contributed by atoms with Gasteiger partial charge in [-0.15, -0.1) is 0 Å². The SMILES string of the molecule is CCOc1ccc(C(=O)C(Cl)=Cc2ccc(OC)c(OC)c2OC)cc1N(C)C. The molecule has 0 fully saturated rings. The Hall–Kier alpha value is -2.86. The van der Waals surface area contributed by atoms with Crippen molar-refractivity contribution in [1.29, 1.82) is 0 Å². The molecule has 0 bridgehead atoms. The van der Waals surface area contributed by atoms with Gasteiger partial charge in [0.05, 0.1) is 38.7 Å². The largest absolute Gasteiger partial charge is 0.493 e. The first-order valence-corrected chi connectivity index (χ1v) is 9.40. The van der Waals surface area contributed by atoms with Crippen LogP contribution in [0, 0.1) is 0 Å². The van der Waals surface area contributed by atoms with E-state index in [1.54, 1.807) is 36.4 Å². The summed E-state index contributed by atoms with van der Waals surface area (Å²) >= 11 is 6.37. The van der Waals surface area contributed by atoms with Gasteiger partial charge in [0.25, 0.3) is 0 Å². The summed E-state index contributed by atoms with van der Waals surface area (Å²) in [5, 5.41) is 0.0457. The van der Waals surface area contributed by atoms with Crippen LogP contribution in [-0.2, 0) is 0 Å². The van der Waals surface area contributed by atoms with Crippen LogP contribution in [0.5, 0.6) is 23.0 Å². The molecule has 0 amide bonds. The third-order valence-electron chi connectivity index (χ3n) is 4.24. The number of carbonyl (C=O) groups is 1. The third kappa shape index (κ3) is 4.95. The van der Waals surface area contributed by atoms with Crippen LogP contribution < -0.4 is 23.8 Å². The molecular weight excluding hydrogens is 394 g/mol. The molecule has 2 aromatic carbocycles. The third-order valence-corrected chi connectivity index (χ3v) is 4.52. The standard InChI is InChI=1S/C22H26ClNO5/c1-7-29-18-10-8-14(13-17(18)24(2)3)20(25)16(23)12-15-9-11-19(26-4)22(28-6)21(15)27-5/h8-13H,7H2,1-6H3. The highest BCUT2D eigenvalue weighted by molar-refractivity contribution is 6.47. The molecule has 0 heterocycles. The molecule has 0 atom stereocenters. The van der Waals surface area contributed by atoms with Crippen LogP contribution in [0.25, 0.3) is 6.08 Å². The first kappa shape index (κ1) is 22.4. The van der Waals surface area contributed by atoms with Gasteiger partial charge >= 0.3 is 0 Å². The van der Waals surface area contributed by atoms with E-state index in [9.17, 15) is 4.79 Å². The number of benzene rings is 2. The molecule has 0 saturated carbocycles. The molecule has 0 radical (unpaired) electrons. The quantitative estimate of drug-likeness (QED) is 0.436. The maximum Gasteiger partial charge on any atom is 0.204 e. The first-order chi connectivity index (χ1) is 13.9. The van der Waals surface area contributed by atoms with Crippen molar-refractivity contribution in [1.82, 2.24) is 0 Å². The van der Waals surface area contributed by atoms with E-state index in [2.05, 4.69) is 0 Å². The Bertz CT molecular complexity index is 908. The Morgan fingerprint density at radius 3 is 2.21 bits per heavy atom. The summed E-state index contributed by atoms with van der Waals surface area (Å²) in [5.41, 5.74) is 1.85. The number of ether oxygens (including phenoxy) is 4. The molecule has 0 N–H and O–H groups in total. The lowest BCUT2D eigenvalue weighted by molar-refractivity contribution is 0.104. The van der Waals surface area contributed by atoms with E-state index in [1.165, 1.54) is 21.3 Å². The van der Waals surface area contributed by atoms with E-state index in [-0.39, 0.29) is 10.8 Å². The minimum Gasteiger partial charge on any atom is -0.493 e. The fraction of sp³-hybridized carbons (Fsp3) is 0.318. The fourth-order valence-corrected chi connectivity index (χ4v) is 3.09. The maximum atomic E-state index is 12.9. The number of methoxy groups -OCH3 is 3. The monoisotopic (exact) mass is 419 g/mol. The molecule has 29 heavy (non-hydrogen) atoms. The molecule has 7 heteroatoms. The van der Waals surface area contributed by atoms with Gasteiger partial charge in [0.2, 0.25) is 11.5 Å². The van der Waals surface area contributed by atoms with Gasteiger partial charge in [0.1, 0.15) is 5.75 Å². The summed E-state index contributed by atoms with van der Waals surface area (Å²) < 4.78 is 21.7. The zero-order valence-electron chi connectivity index (χ0n) is 17.5. The van der Waals surface area contributed by atoms with Crippen molar-refractivity contribution in [3.8, 4) is 23.0 Å². The first-order valence-electron chi connectivity index (χ1n) is 9.02. The van der Waals surface area contributed by atoms with Gasteiger partial charge in [-0.2, -0.15) is 0 Å². The maximum absolute atomic E-state index is 12.9. The number of nitrogens with zero attached hydrogens (tertiary/aromatic N) is 1. The molecule has 0 aliphatic rings. The average Bonchev–Trinajstić information content (AvgIpc) is 2.72. The Balaban J connectivity index is 2.45. The van der Waals surface area contributed by atoms with Gasteiger partial charge in [-0.05, 0) is 43.3 Å². The van der Waals surface area contributed by atoms with Crippen LogP contribution in [-0.4, -0.2) is 47.8 Å². The van der Waals surface area contributed by atoms with E-state index < -0.39 is 0 Å². The number of ketones is 1. The molecule has 156 valence electrons. The van der Waals surface area contributed by atoms with E-state index >= 15 is 0 Å². The van der Waals surface area contributed by atoms with E-state index in [0.717, 1.165) is 5.69 Å². The predicted octanol–water partition coefficient (Wildman–Crippen LogP) is 4.64. The van der Waals surface area contributed by atoms with Crippen LogP contribution in [0.2, 0.25) is 0 Å². The average molecular weight is 420 g/mol. The number of carbonyl (C=O) groups excluding carboxylic acids is 1. The van der Waals surface area contributed by atoms with E-state index in [4.69, 9.17) is 30.5 Å². The second kappa shape index (κ2) is 10.1. The van der Waals surface area contributed by atoms with Gasteiger partial charge < -0.3 is 23.8 Å². The molecule has 0 unspecified atom stereocenters. The summed E-state index contributed by atoms with van der Waals surface area (Å²) in [5.74, 6) is 1.77. The highest BCUT2D eigenvalue weighted by atomic mass is 35.5. The Kier molecular flexibility index (Phi) is 7.79. The summed E-state index contributed by atoms with van der Waals surface area (Å²) in [6, 6.07) is 8.70. The van der Waals surface area contributed by atoms with Gasteiger partial charge in [-0.1, -0.05) is 11.6 Å². The molecule has 0 aromatic heterocycles. The molecule has 2 aromatic rings. The lowest BCUT2D eigenvalue weighted by atomic mass is 10.1. The van der Waals surface area contributed by atoms with E-state index in [0.29, 0.717) is 40.7 Å². The zero-order chi connectivity index (χ0) is 21.6. The second-order valence-electron chi connectivity index (χ2n) is 6.25. The highest BCUT2D eigenvalue weighted by Crippen LogP contribution is 2.41. The van der Waals surface area contributed by atoms with Crippen LogP contribution >= 0.6 is 11.6 Å². The summed E-state index contributed by atoms with van der Waals surface area (Å²) in [7, 11) is 8.34. The van der Waals surface area contributed by atoms with Crippen LogP contribution in [0.15, 0.2) is 35.4 Å². The minimum absolute atomic E-state index is 0.0457. The van der Waals surface area contributed by atoms with Crippen molar-refractivity contribution < 1.29 is 23.7 Å². The lowest BCUT2D eigenvalue weighted by Crippen LogP contribution is -2.12. The second-order valence-corrected chi connectivity index (χ2v) is 6.66. The lowest BCUT2D eigenvalue weighted by Gasteiger charge is -2.18. The highest BCUT2D eigenvalue weighted by Gasteiger charge is 2.18. The van der Waals surface area contributed by atoms with Gasteiger partial charge in [-0.3, -0.25) is 4.79 Å². The van der Waals surface area contributed by atoms with Crippen molar-refractivity contribution in [2.24, 2.45) is 0 Å². The molecule has 2 rings (SSSR count). The number of allylic oxidation sites excluding steroid dienone is 1. The summed E-state index contributed by atoms with van der Waals surface area (Å²) in [4.78, 5) is 14.8. The predicted molar refractivity (Wildman–Crippen MR) is 116 cm³/mol. The van der Waals surface area contributed by atoms with E-state index in [1.807, 2.05) is 25.9 Å². The van der Waals surface area contributed by atoms with Crippen molar-refractivity contribution in [3.63, 3.8) is 0 Å². The van der Waals surface area contributed by atoms with Crippen molar-refractivity contribution >= 4 is 29.1 Å². The van der Waals surface area contributed by atoms with Crippen LogP contribution in [0.1, 0.15) is 22.8 Å². The molecular formula is C22H26ClNO5. The number of Topliss-reactive ketones (excluding diaryl/α,β-unsaturated/α-hetero) is 1. The number of hydrogen-bond donors (Lipinski definition) is 0. The number of rotatable bonds is 9. The minimum atomic E-state index is -0.311. The fourth-order valence-electron chi connectivity index (χ4n) is 2.86. The number of hydrogen-bond acceptors (Lipinski definition) is 6. The van der Waals surface area contributed by atoms with Crippen molar-refractivity contribution in [3.05, 3.63) is 46.5 Å². The molecule has 6 nitrogen and oxygen atoms in total. The Labute approximate surface area is 176 Å². The number of halogens is 1. The van der Waals surface area contributed by atoms with Gasteiger partial charge in [0.15, 0.2) is 11.5 Å². The molecule has 0 saturated heterocycles. The normalized spacial score (nSPS) is 11.1. The smallest absolute Gasteiger partial charge is 0.204 e. The summed E-state index contributed by atoms with van der Waals surface area (Å²) in [6.45, 7) is 2.45. The van der Waals surface area contributed by atoms with Crippen molar-refractivity contribution in [2.75, 3.05) is 46.9 Å². The van der Waals surface area contributed by atoms with Gasteiger partial charge in [0, 0.05) is 25.2 Å².